The monoisotopic (exact) mass is 301 g/mol. The van der Waals surface area contributed by atoms with Crippen molar-refractivity contribution in [1.82, 2.24) is 0 Å². The van der Waals surface area contributed by atoms with E-state index in [2.05, 4.69) is 19.1 Å². The number of aryl methyl sites for hydroxylation is 1. The van der Waals surface area contributed by atoms with E-state index in [9.17, 15) is 0 Å². The smallest absolute Gasteiger partial charge is 0.129 e. The first-order valence-corrected chi connectivity index (χ1v) is 7.23. The fourth-order valence-electron chi connectivity index (χ4n) is 2.05. The van der Waals surface area contributed by atoms with Crippen molar-refractivity contribution in [2.24, 2.45) is 5.73 Å². The molecule has 0 aliphatic rings. The molecule has 0 spiro atoms. The molecule has 2 N–H and O–H groups in total. The first-order chi connectivity index (χ1) is 10.1. The molecule has 0 saturated heterocycles. The highest BCUT2D eigenvalue weighted by Crippen LogP contribution is 2.22. The van der Waals surface area contributed by atoms with Crippen molar-refractivity contribution in [3.05, 3.63) is 59.2 Å². The number of rotatable bonds is 6. The van der Waals surface area contributed by atoms with Gasteiger partial charge in [-0.05, 0) is 41.8 Å². The molecule has 2 rings (SSSR count). The van der Waals surface area contributed by atoms with Crippen molar-refractivity contribution in [2.75, 3.05) is 7.11 Å². The Labute approximate surface area is 130 Å². The summed E-state index contributed by atoms with van der Waals surface area (Å²) in [6.07, 6.45) is 0.994. The zero-order valence-electron chi connectivity index (χ0n) is 12.3. The molecule has 0 heterocycles. The summed E-state index contributed by atoms with van der Waals surface area (Å²) in [5, 5.41) is 0. The van der Waals surface area contributed by atoms with Crippen LogP contribution in [0.1, 0.15) is 23.6 Å². The van der Waals surface area contributed by atoms with Crippen LogP contribution >= 0.6 is 12.2 Å². The van der Waals surface area contributed by atoms with Gasteiger partial charge in [-0.1, -0.05) is 37.3 Å². The van der Waals surface area contributed by atoms with Crippen LogP contribution in [0.3, 0.4) is 0 Å². The van der Waals surface area contributed by atoms with E-state index in [-0.39, 0.29) is 0 Å². The number of ether oxygens (including phenoxy) is 2. The molecule has 21 heavy (non-hydrogen) atoms. The molecule has 0 bridgehead atoms. The van der Waals surface area contributed by atoms with Gasteiger partial charge < -0.3 is 15.2 Å². The van der Waals surface area contributed by atoms with Gasteiger partial charge in [0.15, 0.2) is 0 Å². The molecule has 0 atom stereocenters. The molecule has 0 aliphatic heterocycles. The second kappa shape index (κ2) is 7.09. The van der Waals surface area contributed by atoms with E-state index in [1.165, 1.54) is 5.56 Å². The van der Waals surface area contributed by atoms with Crippen molar-refractivity contribution < 1.29 is 9.47 Å². The molecular weight excluding hydrogens is 282 g/mol. The fraction of sp³-hybridized carbons (Fsp3) is 0.235. The maximum Gasteiger partial charge on any atom is 0.129 e. The van der Waals surface area contributed by atoms with Crippen LogP contribution in [0.5, 0.6) is 11.5 Å². The first-order valence-electron chi connectivity index (χ1n) is 6.82. The average Bonchev–Trinajstić information content (AvgIpc) is 2.52. The Balaban J connectivity index is 2.11. The molecule has 0 amide bonds. The highest BCUT2D eigenvalue weighted by molar-refractivity contribution is 7.80. The zero-order chi connectivity index (χ0) is 15.2. The summed E-state index contributed by atoms with van der Waals surface area (Å²) in [5.41, 5.74) is 8.66. The minimum atomic E-state index is 0.329. The molecule has 0 fully saturated rings. The van der Waals surface area contributed by atoms with Gasteiger partial charge in [-0.2, -0.15) is 0 Å². The summed E-state index contributed by atoms with van der Waals surface area (Å²) in [7, 11) is 1.60. The maximum absolute atomic E-state index is 5.81. The molecule has 110 valence electrons. The second-order valence-corrected chi connectivity index (χ2v) is 5.13. The largest absolute Gasteiger partial charge is 0.496 e. The van der Waals surface area contributed by atoms with Crippen molar-refractivity contribution in [3.63, 3.8) is 0 Å². The van der Waals surface area contributed by atoms with E-state index in [0.717, 1.165) is 23.3 Å². The Morgan fingerprint density at radius 2 is 1.95 bits per heavy atom. The second-order valence-electron chi connectivity index (χ2n) is 4.69. The highest BCUT2D eigenvalue weighted by atomic mass is 32.1. The number of hydrogen-bond donors (Lipinski definition) is 1. The lowest BCUT2D eigenvalue weighted by molar-refractivity contribution is 0.305. The molecule has 3 nitrogen and oxygen atoms in total. The quantitative estimate of drug-likeness (QED) is 0.830. The minimum Gasteiger partial charge on any atom is -0.496 e. The van der Waals surface area contributed by atoms with Gasteiger partial charge in [-0.25, -0.2) is 0 Å². The molecule has 2 aromatic rings. The van der Waals surface area contributed by atoms with Crippen LogP contribution in [0.25, 0.3) is 0 Å². The number of thiocarbonyl (C=S) groups is 1. The predicted molar refractivity (Wildman–Crippen MR) is 89.0 cm³/mol. The summed E-state index contributed by atoms with van der Waals surface area (Å²) < 4.78 is 11.1. The lowest BCUT2D eigenvalue weighted by Crippen LogP contribution is -2.11. The SMILES string of the molecule is CCc1cccc(OCc2ccc(C(N)=S)c(OC)c2)c1. The van der Waals surface area contributed by atoms with E-state index >= 15 is 0 Å². The Morgan fingerprint density at radius 1 is 1.14 bits per heavy atom. The van der Waals surface area contributed by atoms with Crippen molar-refractivity contribution in [3.8, 4) is 11.5 Å². The highest BCUT2D eigenvalue weighted by Gasteiger charge is 2.07. The third kappa shape index (κ3) is 3.95. The van der Waals surface area contributed by atoms with Crippen LogP contribution in [0.15, 0.2) is 42.5 Å². The van der Waals surface area contributed by atoms with Gasteiger partial charge in [0.05, 0.1) is 12.7 Å². The van der Waals surface area contributed by atoms with E-state index in [0.29, 0.717) is 17.3 Å². The van der Waals surface area contributed by atoms with Gasteiger partial charge in [0, 0.05) is 0 Å². The molecular formula is C17H19NO2S. The van der Waals surface area contributed by atoms with E-state index < -0.39 is 0 Å². The van der Waals surface area contributed by atoms with Crippen LogP contribution in [0, 0.1) is 0 Å². The normalized spacial score (nSPS) is 10.2. The molecule has 4 heteroatoms. The van der Waals surface area contributed by atoms with Gasteiger partial charge in [0.1, 0.15) is 23.1 Å². The predicted octanol–water partition coefficient (Wildman–Crippen LogP) is 3.47. The van der Waals surface area contributed by atoms with Crippen molar-refractivity contribution >= 4 is 17.2 Å². The van der Waals surface area contributed by atoms with Gasteiger partial charge in [-0.3, -0.25) is 0 Å². The Kier molecular flexibility index (Phi) is 5.17. The zero-order valence-corrected chi connectivity index (χ0v) is 13.1. The number of benzene rings is 2. The molecule has 0 aromatic heterocycles. The Bertz CT molecular complexity index is 640. The van der Waals surface area contributed by atoms with Crippen molar-refractivity contribution in [1.29, 1.82) is 0 Å². The first kappa shape index (κ1) is 15.3. The molecule has 2 aromatic carbocycles. The average molecular weight is 301 g/mol. The van der Waals surface area contributed by atoms with Crippen LogP contribution in [0.2, 0.25) is 0 Å². The van der Waals surface area contributed by atoms with E-state index in [1.54, 1.807) is 7.11 Å². The van der Waals surface area contributed by atoms with Crippen LogP contribution in [-0.2, 0) is 13.0 Å². The van der Waals surface area contributed by atoms with E-state index in [4.69, 9.17) is 27.4 Å². The summed E-state index contributed by atoms with van der Waals surface area (Å²) in [6.45, 7) is 2.60. The maximum atomic E-state index is 5.81. The standard InChI is InChI=1S/C17H19NO2S/c1-3-12-5-4-6-14(9-12)20-11-13-7-8-15(17(18)21)16(10-13)19-2/h4-10H,3,11H2,1-2H3,(H2,18,21). The number of methoxy groups -OCH3 is 1. The number of hydrogen-bond acceptors (Lipinski definition) is 3. The lowest BCUT2D eigenvalue weighted by Gasteiger charge is -2.11. The van der Waals surface area contributed by atoms with Gasteiger partial charge in [0.2, 0.25) is 0 Å². The fourth-order valence-corrected chi connectivity index (χ4v) is 2.22. The third-order valence-corrected chi connectivity index (χ3v) is 3.46. The molecule has 0 radical (unpaired) electrons. The van der Waals surface area contributed by atoms with Gasteiger partial charge in [0.25, 0.3) is 0 Å². The minimum absolute atomic E-state index is 0.329. The van der Waals surface area contributed by atoms with Crippen molar-refractivity contribution in [2.45, 2.75) is 20.0 Å². The molecule has 0 aliphatic carbocycles. The molecule has 0 saturated carbocycles. The Morgan fingerprint density at radius 3 is 2.62 bits per heavy atom. The van der Waals surface area contributed by atoms with Gasteiger partial charge in [-0.15, -0.1) is 0 Å². The van der Waals surface area contributed by atoms with E-state index in [1.807, 2.05) is 30.3 Å². The topological polar surface area (TPSA) is 44.5 Å². The summed E-state index contributed by atoms with van der Waals surface area (Å²) in [4.78, 5) is 0.329. The van der Waals surface area contributed by atoms with Crippen LogP contribution in [0.4, 0.5) is 0 Å². The number of nitrogens with two attached hydrogens (primary N) is 1. The summed E-state index contributed by atoms with van der Waals surface area (Å²) >= 11 is 4.99. The van der Waals surface area contributed by atoms with Gasteiger partial charge >= 0.3 is 0 Å². The summed E-state index contributed by atoms with van der Waals surface area (Å²) in [5.74, 6) is 1.54. The summed E-state index contributed by atoms with van der Waals surface area (Å²) in [6, 6.07) is 13.8. The Hall–Kier alpha value is -2.07. The van der Waals surface area contributed by atoms with Crippen LogP contribution < -0.4 is 15.2 Å². The molecule has 0 unspecified atom stereocenters. The third-order valence-electron chi connectivity index (χ3n) is 3.24. The lowest BCUT2D eigenvalue weighted by atomic mass is 10.1. The van der Waals surface area contributed by atoms with Crippen LogP contribution in [-0.4, -0.2) is 12.1 Å².